The number of hydrogen-bond donors (Lipinski definition) is 1. The maximum absolute atomic E-state index is 4.71. The fraction of sp³-hybridized carbons (Fsp3) is 0.562. The van der Waals surface area contributed by atoms with Crippen LogP contribution in [0.3, 0.4) is 0 Å². The van der Waals surface area contributed by atoms with Gasteiger partial charge in [0.25, 0.3) is 0 Å². The highest BCUT2D eigenvalue weighted by Gasteiger charge is 2.18. The number of nitrogens with one attached hydrogen (secondary N) is 1. The van der Waals surface area contributed by atoms with Gasteiger partial charge in [0.15, 0.2) is 5.96 Å². The second kappa shape index (κ2) is 7.40. The van der Waals surface area contributed by atoms with Crippen LogP contribution in [0.5, 0.6) is 0 Å². The molecule has 0 fully saturated rings. The van der Waals surface area contributed by atoms with Gasteiger partial charge < -0.3 is 10.2 Å². The molecular formula is C16H25N5S2. The Kier molecular flexibility index (Phi) is 5.75. The lowest BCUT2D eigenvalue weighted by molar-refractivity contribution is 0.470. The first-order valence-corrected chi connectivity index (χ1v) is 9.33. The van der Waals surface area contributed by atoms with E-state index in [-0.39, 0.29) is 5.41 Å². The van der Waals surface area contributed by atoms with Crippen LogP contribution in [0.25, 0.3) is 0 Å². The third kappa shape index (κ3) is 5.00. The molecule has 2 heterocycles. The molecule has 0 amide bonds. The highest BCUT2D eigenvalue weighted by atomic mass is 32.1. The number of guanidine groups is 1. The molecule has 0 aliphatic carbocycles. The van der Waals surface area contributed by atoms with Crippen molar-refractivity contribution in [1.29, 1.82) is 0 Å². The zero-order valence-corrected chi connectivity index (χ0v) is 16.3. The average Bonchev–Trinajstić information content (AvgIpc) is 3.08. The summed E-state index contributed by atoms with van der Waals surface area (Å²) in [5.74, 6) is 0.848. The number of aromatic nitrogens is 2. The minimum Gasteiger partial charge on any atom is -0.351 e. The summed E-state index contributed by atoms with van der Waals surface area (Å²) >= 11 is 3.39. The first-order valence-electron chi connectivity index (χ1n) is 7.57. The molecule has 5 nitrogen and oxygen atoms in total. The third-order valence-corrected chi connectivity index (χ3v) is 5.40. The highest BCUT2D eigenvalue weighted by Crippen LogP contribution is 2.25. The number of hydrogen-bond acceptors (Lipinski definition) is 5. The summed E-state index contributed by atoms with van der Waals surface area (Å²) in [4.78, 5) is 15.6. The molecule has 0 saturated heterocycles. The second-order valence-electron chi connectivity index (χ2n) is 6.51. The van der Waals surface area contributed by atoms with E-state index in [1.807, 2.05) is 14.0 Å². The van der Waals surface area contributed by atoms with E-state index in [0.717, 1.165) is 33.9 Å². The summed E-state index contributed by atoms with van der Waals surface area (Å²) in [5.41, 5.74) is 2.23. The van der Waals surface area contributed by atoms with Gasteiger partial charge in [-0.3, -0.25) is 4.99 Å². The Morgan fingerprint density at radius 2 is 1.91 bits per heavy atom. The van der Waals surface area contributed by atoms with Crippen molar-refractivity contribution in [2.75, 3.05) is 14.1 Å². The van der Waals surface area contributed by atoms with E-state index in [1.54, 1.807) is 29.7 Å². The molecule has 126 valence electrons. The fourth-order valence-corrected chi connectivity index (χ4v) is 3.60. The maximum atomic E-state index is 4.71. The molecule has 0 bridgehead atoms. The Balaban J connectivity index is 1.93. The van der Waals surface area contributed by atoms with Crippen molar-refractivity contribution in [2.24, 2.45) is 4.99 Å². The zero-order valence-electron chi connectivity index (χ0n) is 14.7. The van der Waals surface area contributed by atoms with E-state index in [0.29, 0.717) is 6.54 Å². The number of aliphatic imine (C=N–C) groups is 1. The van der Waals surface area contributed by atoms with E-state index in [2.05, 4.69) is 51.7 Å². The number of nitrogens with zero attached hydrogens (tertiary/aromatic N) is 4. The highest BCUT2D eigenvalue weighted by molar-refractivity contribution is 7.10. The Bertz CT molecular complexity index is 666. The molecule has 7 heteroatoms. The van der Waals surface area contributed by atoms with Crippen molar-refractivity contribution in [2.45, 2.75) is 46.2 Å². The van der Waals surface area contributed by atoms with Crippen LogP contribution in [0.2, 0.25) is 0 Å². The van der Waals surface area contributed by atoms with Gasteiger partial charge in [-0.1, -0.05) is 20.8 Å². The minimum atomic E-state index is 0.101. The number of thiazole rings is 2. The largest absolute Gasteiger partial charge is 0.351 e. The van der Waals surface area contributed by atoms with Crippen LogP contribution in [0.1, 0.15) is 42.2 Å². The Morgan fingerprint density at radius 3 is 2.43 bits per heavy atom. The SMILES string of the molecule is CN=C(NCc1csc(C(C)(C)C)n1)N(C)Cc1csc(C)n1. The van der Waals surface area contributed by atoms with E-state index >= 15 is 0 Å². The van der Waals surface area contributed by atoms with Crippen molar-refractivity contribution in [1.82, 2.24) is 20.2 Å². The third-order valence-electron chi connectivity index (χ3n) is 3.26. The summed E-state index contributed by atoms with van der Waals surface area (Å²) in [6, 6.07) is 0. The van der Waals surface area contributed by atoms with Gasteiger partial charge in [-0.25, -0.2) is 9.97 Å². The predicted octanol–water partition coefficient (Wildman–Crippen LogP) is 3.41. The zero-order chi connectivity index (χ0) is 17.0. The van der Waals surface area contributed by atoms with E-state index in [9.17, 15) is 0 Å². The van der Waals surface area contributed by atoms with E-state index in [1.165, 1.54) is 0 Å². The molecule has 0 aliphatic rings. The normalized spacial score (nSPS) is 12.5. The Labute approximate surface area is 146 Å². The molecule has 1 N–H and O–H groups in total. The van der Waals surface area contributed by atoms with Gasteiger partial charge in [0.2, 0.25) is 0 Å². The summed E-state index contributed by atoms with van der Waals surface area (Å²) < 4.78 is 0. The second-order valence-corrected chi connectivity index (χ2v) is 8.43. The smallest absolute Gasteiger partial charge is 0.194 e. The lowest BCUT2D eigenvalue weighted by Gasteiger charge is -2.20. The minimum absolute atomic E-state index is 0.101. The van der Waals surface area contributed by atoms with Crippen molar-refractivity contribution in [3.8, 4) is 0 Å². The van der Waals surface area contributed by atoms with Crippen molar-refractivity contribution < 1.29 is 0 Å². The van der Waals surface area contributed by atoms with Gasteiger partial charge in [0, 0.05) is 30.3 Å². The van der Waals surface area contributed by atoms with Crippen LogP contribution in [-0.4, -0.2) is 34.9 Å². The van der Waals surface area contributed by atoms with E-state index < -0.39 is 0 Å². The van der Waals surface area contributed by atoms with Gasteiger partial charge in [-0.15, -0.1) is 22.7 Å². The molecule has 0 saturated carbocycles. The quantitative estimate of drug-likeness (QED) is 0.677. The van der Waals surface area contributed by atoms with Crippen LogP contribution in [0, 0.1) is 6.92 Å². The molecule has 0 unspecified atom stereocenters. The molecule has 2 aromatic heterocycles. The van der Waals surface area contributed by atoms with Crippen LogP contribution >= 0.6 is 22.7 Å². The lowest BCUT2D eigenvalue weighted by Crippen LogP contribution is -2.38. The summed E-state index contributed by atoms with van der Waals surface area (Å²) in [6.45, 7) is 10.0. The van der Waals surface area contributed by atoms with Crippen LogP contribution in [-0.2, 0) is 18.5 Å². The maximum Gasteiger partial charge on any atom is 0.194 e. The number of rotatable bonds is 4. The summed E-state index contributed by atoms with van der Waals surface area (Å²) in [5, 5.41) is 9.83. The first kappa shape index (κ1) is 17.9. The standard InChI is InChI=1S/C16H25N5S2/c1-11-19-13(10-22-11)8-21(6)15(17-5)18-7-12-9-23-14(20-12)16(2,3)4/h9-10H,7-8H2,1-6H3,(H,17,18). The summed E-state index contributed by atoms with van der Waals surface area (Å²) in [6.07, 6.45) is 0. The molecule has 0 spiro atoms. The van der Waals surface area contributed by atoms with Gasteiger partial charge >= 0.3 is 0 Å². The van der Waals surface area contributed by atoms with Crippen LogP contribution < -0.4 is 5.32 Å². The predicted molar refractivity (Wildman–Crippen MR) is 99.3 cm³/mol. The fourth-order valence-electron chi connectivity index (χ4n) is 2.09. The monoisotopic (exact) mass is 351 g/mol. The van der Waals surface area contributed by atoms with E-state index in [4.69, 9.17) is 4.98 Å². The van der Waals surface area contributed by atoms with Gasteiger partial charge in [0.05, 0.1) is 34.5 Å². The number of aryl methyl sites for hydroxylation is 1. The van der Waals surface area contributed by atoms with Crippen molar-refractivity contribution in [3.63, 3.8) is 0 Å². The molecule has 23 heavy (non-hydrogen) atoms. The van der Waals surface area contributed by atoms with Gasteiger partial charge in [-0.2, -0.15) is 0 Å². The molecular weight excluding hydrogens is 326 g/mol. The average molecular weight is 352 g/mol. The molecule has 2 aromatic rings. The molecule has 0 radical (unpaired) electrons. The van der Waals surface area contributed by atoms with Crippen LogP contribution in [0.15, 0.2) is 15.8 Å². The van der Waals surface area contributed by atoms with Crippen molar-refractivity contribution >= 4 is 28.6 Å². The molecule has 2 rings (SSSR count). The molecule has 0 aromatic carbocycles. The Morgan fingerprint density at radius 1 is 1.22 bits per heavy atom. The van der Waals surface area contributed by atoms with Gasteiger partial charge in [0.1, 0.15) is 0 Å². The Hall–Kier alpha value is -1.47. The first-order chi connectivity index (χ1) is 10.8. The van der Waals surface area contributed by atoms with Gasteiger partial charge in [-0.05, 0) is 6.92 Å². The van der Waals surface area contributed by atoms with Crippen LogP contribution in [0.4, 0.5) is 0 Å². The molecule has 0 aliphatic heterocycles. The summed E-state index contributed by atoms with van der Waals surface area (Å²) in [7, 11) is 3.82. The lowest BCUT2D eigenvalue weighted by atomic mass is 9.98. The topological polar surface area (TPSA) is 53.4 Å². The van der Waals surface area contributed by atoms with Crippen molar-refractivity contribution in [3.05, 3.63) is 32.2 Å². The molecule has 0 atom stereocenters.